The summed E-state index contributed by atoms with van der Waals surface area (Å²) in [5.41, 5.74) is 16.3. The average Bonchev–Trinajstić information content (AvgIpc) is 3.86. The lowest BCUT2D eigenvalue weighted by atomic mass is 9.66. The Hall–Kier alpha value is -8.14. The van der Waals surface area contributed by atoms with Gasteiger partial charge in [0, 0.05) is 38.8 Å². The highest BCUT2D eigenvalue weighted by molar-refractivity contribution is 6.07. The monoisotopic (exact) mass is 791 g/mol. The van der Waals surface area contributed by atoms with Gasteiger partial charge >= 0.3 is 0 Å². The van der Waals surface area contributed by atoms with Gasteiger partial charge in [0.05, 0.1) is 11.1 Å². The Bertz CT molecular complexity index is 3520. The highest BCUT2D eigenvalue weighted by Gasteiger charge is 2.51. The molecule has 3 nitrogen and oxygen atoms in total. The van der Waals surface area contributed by atoms with Crippen LogP contribution in [0.1, 0.15) is 22.3 Å². The summed E-state index contributed by atoms with van der Waals surface area (Å²) < 4.78 is 12.9. The van der Waals surface area contributed by atoms with Gasteiger partial charge in [0.1, 0.15) is 22.7 Å². The summed E-state index contributed by atoms with van der Waals surface area (Å²) >= 11 is 0. The fourth-order valence-corrected chi connectivity index (χ4v) is 10.5. The summed E-state index contributed by atoms with van der Waals surface area (Å²) in [5.74, 6) is 1.76. The van der Waals surface area contributed by atoms with E-state index in [2.05, 4.69) is 217 Å². The topological polar surface area (TPSA) is 25.6 Å². The third-order valence-corrected chi connectivity index (χ3v) is 13.1. The third-order valence-electron chi connectivity index (χ3n) is 13.1. The fraction of sp³-hybridized carbons (Fsp3) is 0.0169. The fourth-order valence-electron chi connectivity index (χ4n) is 10.5. The molecule has 0 radical (unpaired) electrons. The number of nitrogens with zero attached hydrogens (tertiary/aromatic N) is 1. The zero-order valence-corrected chi connectivity index (χ0v) is 33.6. The lowest BCUT2D eigenvalue weighted by molar-refractivity contribution is 0.436. The van der Waals surface area contributed by atoms with Crippen molar-refractivity contribution in [3.63, 3.8) is 0 Å². The maximum Gasteiger partial charge on any atom is 0.135 e. The number of benzene rings is 10. The van der Waals surface area contributed by atoms with E-state index in [0.29, 0.717) is 0 Å². The second-order valence-electron chi connectivity index (χ2n) is 16.4. The number of rotatable bonds is 5. The molecule has 13 rings (SSSR count). The van der Waals surface area contributed by atoms with Gasteiger partial charge in [-0.1, -0.05) is 164 Å². The molecule has 1 aromatic heterocycles. The van der Waals surface area contributed by atoms with Gasteiger partial charge in [0.25, 0.3) is 0 Å². The van der Waals surface area contributed by atoms with Crippen LogP contribution >= 0.6 is 0 Å². The van der Waals surface area contributed by atoms with Gasteiger partial charge in [-0.25, -0.2) is 0 Å². The van der Waals surface area contributed by atoms with Gasteiger partial charge < -0.3 is 14.1 Å². The Morgan fingerprint density at radius 2 is 1.00 bits per heavy atom. The lowest BCUT2D eigenvalue weighted by Gasteiger charge is -2.39. The zero-order valence-electron chi connectivity index (χ0n) is 33.6. The molecular weight excluding hydrogens is 755 g/mol. The van der Waals surface area contributed by atoms with Crippen molar-refractivity contribution in [1.29, 1.82) is 0 Å². The molecule has 0 N–H and O–H groups in total. The van der Waals surface area contributed by atoms with Crippen LogP contribution in [-0.2, 0) is 5.41 Å². The zero-order chi connectivity index (χ0) is 40.8. The van der Waals surface area contributed by atoms with E-state index in [1.807, 2.05) is 12.1 Å². The second kappa shape index (κ2) is 13.4. The predicted octanol–water partition coefficient (Wildman–Crippen LogP) is 16.0. The van der Waals surface area contributed by atoms with Gasteiger partial charge in [-0.2, -0.15) is 0 Å². The third kappa shape index (κ3) is 5.00. The molecule has 0 bridgehead atoms. The van der Waals surface area contributed by atoms with Crippen LogP contribution in [0.15, 0.2) is 229 Å². The molecule has 10 aromatic carbocycles. The molecule has 2 heterocycles. The van der Waals surface area contributed by atoms with E-state index in [1.54, 1.807) is 0 Å². The van der Waals surface area contributed by atoms with Crippen LogP contribution in [0.25, 0.3) is 66.1 Å². The Morgan fingerprint density at radius 1 is 0.355 bits per heavy atom. The van der Waals surface area contributed by atoms with E-state index in [4.69, 9.17) is 9.15 Å². The summed E-state index contributed by atoms with van der Waals surface area (Å²) in [4.78, 5) is 2.44. The molecule has 0 amide bonds. The van der Waals surface area contributed by atoms with Crippen molar-refractivity contribution in [1.82, 2.24) is 0 Å². The molecule has 1 aliphatic carbocycles. The minimum atomic E-state index is -0.624. The minimum Gasteiger partial charge on any atom is -0.457 e. The van der Waals surface area contributed by atoms with E-state index in [-0.39, 0.29) is 0 Å². The van der Waals surface area contributed by atoms with E-state index in [0.717, 1.165) is 83.9 Å². The number of hydrogen-bond donors (Lipinski definition) is 0. The number of anilines is 3. The molecule has 62 heavy (non-hydrogen) atoms. The normalized spacial score (nSPS) is 13.1. The summed E-state index contributed by atoms with van der Waals surface area (Å²) in [6.45, 7) is 0. The first kappa shape index (κ1) is 34.7. The molecule has 0 unspecified atom stereocenters. The molecule has 0 saturated carbocycles. The maximum absolute atomic E-state index is 6.73. The van der Waals surface area contributed by atoms with Crippen LogP contribution in [0.3, 0.4) is 0 Å². The van der Waals surface area contributed by atoms with Gasteiger partial charge in [0.2, 0.25) is 0 Å². The summed E-state index contributed by atoms with van der Waals surface area (Å²) in [5, 5.41) is 4.73. The van der Waals surface area contributed by atoms with Gasteiger partial charge in [-0.15, -0.1) is 0 Å². The van der Waals surface area contributed by atoms with Crippen LogP contribution in [-0.4, -0.2) is 0 Å². The average molecular weight is 792 g/mol. The lowest BCUT2D eigenvalue weighted by Crippen LogP contribution is -2.32. The molecule has 0 saturated heterocycles. The standard InChI is InChI=1S/C59H37NO2/c1-2-14-39(15-3-1)44-17-6-10-22-53(44)60(42-30-26-38(27-31-42)41-29-35-55-48(36-41)46-19-7-11-23-54(46)61-55)43-32-33-47-52(37-43)59(51-34-28-40-16-4-5-18-45(40)58(47)51)49-20-8-12-24-56(49)62-57-25-13-9-21-50(57)59/h1-37H. The van der Waals surface area contributed by atoms with Crippen molar-refractivity contribution in [3.8, 4) is 44.9 Å². The molecule has 3 heteroatoms. The molecule has 1 spiro atoms. The molecule has 0 atom stereocenters. The number of ether oxygens (including phenoxy) is 1. The number of para-hydroxylation sites is 4. The van der Waals surface area contributed by atoms with Gasteiger partial charge in [-0.3, -0.25) is 0 Å². The molecule has 11 aromatic rings. The van der Waals surface area contributed by atoms with E-state index in [1.165, 1.54) is 33.0 Å². The van der Waals surface area contributed by atoms with E-state index < -0.39 is 5.41 Å². The molecule has 1 aliphatic heterocycles. The van der Waals surface area contributed by atoms with Crippen molar-refractivity contribution in [3.05, 3.63) is 247 Å². The van der Waals surface area contributed by atoms with Crippen LogP contribution < -0.4 is 9.64 Å². The molecular formula is C59H37NO2. The van der Waals surface area contributed by atoms with E-state index in [9.17, 15) is 0 Å². The smallest absolute Gasteiger partial charge is 0.135 e. The van der Waals surface area contributed by atoms with Crippen LogP contribution in [0, 0.1) is 0 Å². The van der Waals surface area contributed by atoms with Crippen molar-refractivity contribution >= 4 is 49.8 Å². The summed E-state index contributed by atoms with van der Waals surface area (Å²) in [6.07, 6.45) is 0. The predicted molar refractivity (Wildman–Crippen MR) is 254 cm³/mol. The van der Waals surface area contributed by atoms with E-state index >= 15 is 0 Å². The second-order valence-corrected chi connectivity index (χ2v) is 16.4. The minimum absolute atomic E-state index is 0.624. The summed E-state index contributed by atoms with van der Waals surface area (Å²) in [7, 11) is 0. The Kier molecular flexibility index (Phi) is 7.52. The Morgan fingerprint density at radius 3 is 1.82 bits per heavy atom. The SMILES string of the molecule is c1ccc(-c2ccccc2N(c2ccc(-c3ccc4oc5ccccc5c4c3)cc2)c2ccc3c(c2)C2(c4ccccc4Oc4ccccc42)c2ccc4ccccc4c2-3)cc1. The Labute approximate surface area is 359 Å². The first-order valence-electron chi connectivity index (χ1n) is 21.2. The highest BCUT2D eigenvalue weighted by atomic mass is 16.5. The summed E-state index contributed by atoms with van der Waals surface area (Å²) in [6, 6.07) is 81.1. The van der Waals surface area contributed by atoms with Crippen LogP contribution in [0.5, 0.6) is 11.5 Å². The van der Waals surface area contributed by atoms with Crippen LogP contribution in [0.2, 0.25) is 0 Å². The molecule has 2 aliphatic rings. The first-order chi connectivity index (χ1) is 30.7. The van der Waals surface area contributed by atoms with Crippen LogP contribution in [0.4, 0.5) is 17.1 Å². The number of fused-ring (bicyclic) bond motifs is 14. The molecule has 0 fully saturated rings. The first-order valence-corrected chi connectivity index (χ1v) is 21.2. The van der Waals surface area contributed by atoms with Crippen molar-refractivity contribution in [2.75, 3.05) is 4.90 Å². The maximum atomic E-state index is 6.73. The molecule has 290 valence electrons. The Balaban J connectivity index is 1.05. The van der Waals surface area contributed by atoms with Crippen molar-refractivity contribution < 1.29 is 9.15 Å². The van der Waals surface area contributed by atoms with Crippen molar-refractivity contribution in [2.24, 2.45) is 0 Å². The highest BCUT2D eigenvalue weighted by Crippen LogP contribution is 2.64. The van der Waals surface area contributed by atoms with Gasteiger partial charge in [0.15, 0.2) is 0 Å². The van der Waals surface area contributed by atoms with Crippen molar-refractivity contribution in [2.45, 2.75) is 5.41 Å². The van der Waals surface area contributed by atoms with Gasteiger partial charge in [-0.05, 0) is 110 Å². The largest absolute Gasteiger partial charge is 0.457 e. The number of furan rings is 1. The quantitative estimate of drug-likeness (QED) is 0.174. The number of hydrogen-bond acceptors (Lipinski definition) is 3.